The standard InChI is InChI=1S/C19H17F2N5O2/c1-28-11-15-6-3-13(4-7-15)2-5-14-8-9-16(22-10-14)17(20)18(27)19(21)26-12-23-24-25-26/h3-4,6-10,12,17-19,27H,11H2,1H3. The number of aliphatic hydroxyl groups excluding tert-OH is 1. The lowest BCUT2D eigenvalue weighted by Gasteiger charge is -2.18. The van der Waals surface area contributed by atoms with Crippen molar-refractivity contribution < 1.29 is 18.6 Å². The Morgan fingerprint density at radius 2 is 1.82 bits per heavy atom. The second-order valence-corrected chi connectivity index (χ2v) is 5.91. The number of methoxy groups -OCH3 is 1. The Labute approximate surface area is 160 Å². The number of benzene rings is 1. The van der Waals surface area contributed by atoms with Crippen molar-refractivity contribution in [3.05, 3.63) is 71.3 Å². The molecule has 0 fully saturated rings. The topological polar surface area (TPSA) is 86.0 Å². The maximum Gasteiger partial charge on any atom is 0.224 e. The maximum atomic E-state index is 14.4. The zero-order chi connectivity index (χ0) is 19.9. The van der Waals surface area contributed by atoms with E-state index in [1.807, 2.05) is 24.3 Å². The number of hydrogen-bond acceptors (Lipinski definition) is 6. The van der Waals surface area contributed by atoms with E-state index in [0.29, 0.717) is 16.9 Å². The first kappa shape index (κ1) is 19.5. The van der Waals surface area contributed by atoms with Crippen LogP contribution in [0.1, 0.15) is 34.9 Å². The molecule has 0 aliphatic heterocycles. The van der Waals surface area contributed by atoms with Crippen LogP contribution in [0.25, 0.3) is 0 Å². The predicted octanol–water partition coefficient (Wildman–Crippen LogP) is 2.15. The van der Waals surface area contributed by atoms with Gasteiger partial charge in [0.25, 0.3) is 0 Å². The molecular weight excluding hydrogens is 368 g/mol. The number of aliphatic hydroxyl groups is 1. The fraction of sp³-hybridized carbons (Fsp3) is 0.263. The minimum Gasteiger partial charge on any atom is -0.385 e. The van der Waals surface area contributed by atoms with Gasteiger partial charge in [-0.2, -0.15) is 4.68 Å². The monoisotopic (exact) mass is 385 g/mol. The highest BCUT2D eigenvalue weighted by molar-refractivity contribution is 5.42. The normalized spacial score (nSPS) is 14.0. The fourth-order valence-electron chi connectivity index (χ4n) is 2.39. The van der Waals surface area contributed by atoms with Gasteiger partial charge in [0.05, 0.1) is 12.3 Å². The van der Waals surface area contributed by atoms with Gasteiger partial charge in [-0.15, -0.1) is 5.10 Å². The van der Waals surface area contributed by atoms with E-state index in [9.17, 15) is 13.9 Å². The molecule has 7 nitrogen and oxygen atoms in total. The van der Waals surface area contributed by atoms with Gasteiger partial charge in [-0.05, 0) is 40.3 Å². The highest BCUT2D eigenvalue weighted by atomic mass is 19.1. The van der Waals surface area contributed by atoms with Crippen LogP contribution in [0, 0.1) is 11.8 Å². The number of pyridine rings is 1. The summed E-state index contributed by atoms with van der Waals surface area (Å²) in [7, 11) is 1.63. The SMILES string of the molecule is COCc1ccc(C#Cc2ccc(C(F)C(O)C(F)n3cnnn3)nc2)cc1. The molecule has 0 amide bonds. The molecule has 0 saturated heterocycles. The van der Waals surface area contributed by atoms with Crippen molar-refractivity contribution in [2.24, 2.45) is 0 Å². The van der Waals surface area contributed by atoms with E-state index in [1.54, 1.807) is 13.2 Å². The lowest BCUT2D eigenvalue weighted by molar-refractivity contribution is -0.0294. The van der Waals surface area contributed by atoms with Crippen LogP contribution in [0.15, 0.2) is 48.9 Å². The van der Waals surface area contributed by atoms with Gasteiger partial charge >= 0.3 is 0 Å². The summed E-state index contributed by atoms with van der Waals surface area (Å²) in [5.41, 5.74) is 2.30. The third-order valence-electron chi connectivity index (χ3n) is 3.88. The molecule has 0 radical (unpaired) electrons. The van der Waals surface area contributed by atoms with Gasteiger partial charge in [-0.3, -0.25) is 4.98 Å². The first-order valence-electron chi connectivity index (χ1n) is 8.33. The van der Waals surface area contributed by atoms with Crippen molar-refractivity contribution in [1.82, 2.24) is 25.2 Å². The number of hydrogen-bond donors (Lipinski definition) is 1. The van der Waals surface area contributed by atoms with Gasteiger partial charge in [-0.1, -0.05) is 24.0 Å². The van der Waals surface area contributed by atoms with Gasteiger partial charge in [0.2, 0.25) is 6.30 Å². The van der Waals surface area contributed by atoms with E-state index in [0.717, 1.165) is 17.5 Å². The molecule has 0 spiro atoms. The van der Waals surface area contributed by atoms with Crippen molar-refractivity contribution in [3.63, 3.8) is 0 Å². The zero-order valence-corrected chi connectivity index (χ0v) is 14.9. The molecule has 9 heteroatoms. The van der Waals surface area contributed by atoms with E-state index in [2.05, 4.69) is 32.4 Å². The Morgan fingerprint density at radius 3 is 2.43 bits per heavy atom. The van der Waals surface area contributed by atoms with Gasteiger partial charge < -0.3 is 9.84 Å². The predicted molar refractivity (Wildman–Crippen MR) is 95.2 cm³/mol. The van der Waals surface area contributed by atoms with Crippen LogP contribution in [0.4, 0.5) is 8.78 Å². The molecule has 2 aromatic heterocycles. The van der Waals surface area contributed by atoms with E-state index in [-0.39, 0.29) is 5.69 Å². The molecule has 3 aromatic rings. The summed E-state index contributed by atoms with van der Waals surface area (Å²) >= 11 is 0. The largest absolute Gasteiger partial charge is 0.385 e. The summed E-state index contributed by atoms with van der Waals surface area (Å²) in [4.78, 5) is 3.93. The summed E-state index contributed by atoms with van der Waals surface area (Å²) in [6.45, 7) is 0.530. The number of aromatic nitrogens is 5. The number of nitrogens with zero attached hydrogens (tertiary/aromatic N) is 5. The van der Waals surface area contributed by atoms with Crippen molar-refractivity contribution >= 4 is 0 Å². The molecule has 3 atom stereocenters. The Balaban J connectivity index is 1.66. The Kier molecular flexibility index (Phi) is 6.37. The van der Waals surface area contributed by atoms with E-state index in [4.69, 9.17) is 4.74 Å². The van der Waals surface area contributed by atoms with E-state index >= 15 is 0 Å². The number of alkyl halides is 2. The van der Waals surface area contributed by atoms with Crippen molar-refractivity contribution in [2.45, 2.75) is 25.2 Å². The van der Waals surface area contributed by atoms with Crippen LogP contribution in [0.5, 0.6) is 0 Å². The third-order valence-corrected chi connectivity index (χ3v) is 3.88. The molecule has 1 aromatic carbocycles. The maximum absolute atomic E-state index is 14.4. The minimum atomic E-state index is -2.13. The molecular formula is C19H17F2N5O2. The second-order valence-electron chi connectivity index (χ2n) is 5.91. The molecule has 0 aliphatic rings. The van der Waals surface area contributed by atoms with Gasteiger partial charge in [-0.25, -0.2) is 8.78 Å². The lowest BCUT2D eigenvalue weighted by atomic mass is 10.1. The fourth-order valence-corrected chi connectivity index (χ4v) is 2.39. The number of ether oxygens (including phenoxy) is 1. The lowest BCUT2D eigenvalue weighted by Crippen LogP contribution is -2.26. The Bertz CT molecular complexity index is 937. The van der Waals surface area contributed by atoms with Crippen LogP contribution in [-0.2, 0) is 11.3 Å². The van der Waals surface area contributed by atoms with Gasteiger partial charge in [0.15, 0.2) is 6.17 Å². The minimum absolute atomic E-state index is 0.113. The summed E-state index contributed by atoms with van der Waals surface area (Å²) < 4.78 is 34.1. The average Bonchev–Trinajstić information content (AvgIpc) is 3.27. The van der Waals surface area contributed by atoms with Crippen LogP contribution in [0.3, 0.4) is 0 Å². The summed E-state index contributed by atoms with van der Waals surface area (Å²) in [5.74, 6) is 5.90. The quantitative estimate of drug-likeness (QED) is 0.655. The van der Waals surface area contributed by atoms with Crippen molar-refractivity contribution in [1.29, 1.82) is 0 Å². The van der Waals surface area contributed by atoms with Crippen LogP contribution in [-0.4, -0.2) is 43.5 Å². The first-order valence-corrected chi connectivity index (χ1v) is 8.33. The molecule has 144 valence electrons. The third kappa shape index (κ3) is 4.73. The smallest absolute Gasteiger partial charge is 0.224 e. The summed E-state index contributed by atoms with van der Waals surface area (Å²) in [5, 5.41) is 19.7. The van der Waals surface area contributed by atoms with Crippen molar-refractivity contribution in [3.8, 4) is 11.8 Å². The summed E-state index contributed by atoms with van der Waals surface area (Å²) in [6.07, 6.45) is -3.86. The van der Waals surface area contributed by atoms with Crippen molar-refractivity contribution in [2.75, 3.05) is 7.11 Å². The molecule has 3 unspecified atom stereocenters. The van der Waals surface area contributed by atoms with E-state index in [1.165, 1.54) is 12.3 Å². The molecule has 0 aliphatic carbocycles. The highest BCUT2D eigenvalue weighted by Crippen LogP contribution is 2.27. The molecule has 1 N–H and O–H groups in total. The average molecular weight is 385 g/mol. The van der Waals surface area contributed by atoms with E-state index < -0.39 is 18.6 Å². The first-order chi connectivity index (χ1) is 13.6. The number of tetrazole rings is 1. The van der Waals surface area contributed by atoms with Crippen LogP contribution in [0.2, 0.25) is 0 Å². The highest BCUT2D eigenvalue weighted by Gasteiger charge is 2.32. The molecule has 3 rings (SSSR count). The second kappa shape index (κ2) is 9.12. The summed E-state index contributed by atoms with van der Waals surface area (Å²) in [6, 6.07) is 10.5. The Hall–Kier alpha value is -3.22. The van der Waals surface area contributed by atoms with Gasteiger partial charge in [0, 0.05) is 24.4 Å². The Morgan fingerprint density at radius 1 is 1.11 bits per heavy atom. The molecule has 2 heterocycles. The number of rotatable bonds is 6. The molecule has 0 saturated carbocycles. The van der Waals surface area contributed by atoms with Crippen LogP contribution < -0.4 is 0 Å². The number of halogens is 2. The molecule has 0 bridgehead atoms. The van der Waals surface area contributed by atoms with Crippen LogP contribution >= 0.6 is 0 Å². The van der Waals surface area contributed by atoms with Gasteiger partial charge in [0.1, 0.15) is 12.4 Å². The zero-order valence-electron chi connectivity index (χ0n) is 14.9. The molecule has 28 heavy (non-hydrogen) atoms.